The van der Waals surface area contributed by atoms with Crippen LogP contribution in [0.1, 0.15) is 24.0 Å². The molecule has 0 saturated heterocycles. The van der Waals surface area contributed by atoms with Gasteiger partial charge in [-0.25, -0.2) is 8.42 Å². The summed E-state index contributed by atoms with van der Waals surface area (Å²) in [5, 5.41) is 3.72. The van der Waals surface area contributed by atoms with Crippen molar-refractivity contribution in [1.29, 1.82) is 0 Å². The number of anilines is 3. The van der Waals surface area contributed by atoms with Crippen molar-refractivity contribution in [3.63, 3.8) is 0 Å². The first-order valence-corrected chi connectivity index (χ1v) is 12.3. The van der Waals surface area contributed by atoms with E-state index in [1.165, 1.54) is 46.6 Å². The van der Waals surface area contributed by atoms with Crippen LogP contribution in [0.3, 0.4) is 0 Å². The van der Waals surface area contributed by atoms with Crippen molar-refractivity contribution in [3.8, 4) is 0 Å². The summed E-state index contributed by atoms with van der Waals surface area (Å²) < 4.78 is 27.1. The first-order chi connectivity index (χ1) is 15.0. The van der Waals surface area contributed by atoms with E-state index in [4.69, 9.17) is 17.3 Å². The zero-order chi connectivity index (χ0) is 21.8. The van der Waals surface area contributed by atoms with Crippen molar-refractivity contribution >= 4 is 38.7 Å². The summed E-state index contributed by atoms with van der Waals surface area (Å²) >= 11 is 5.86. The number of para-hydroxylation sites is 2. The van der Waals surface area contributed by atoms with Gasteiger partial charge in [0, 0.05) is 18.8 Å². The van der Waals surface area contributed by atoms with E-state index in [9.17, 15) is 8.42 Å². The molecule has 0 spiro atoms. The second-order valence-corrected chi connectivity index (χ2v) is 9.95. The predicted molar refractivity (Wildman–Crippen MR) is 128 cm³/mol. The van der Waals surface area contributed by atoms with Gasteiger partial charge in [0.2, 0.25) is 0 Å². The molecule has 0 radical (unpaired) electrons. The third-order valence-corrected chi connectivity index (χ3v) is 7.73. The molecule has 0 bridgehead atoms. The first kappa shape index (κ1) is 21.5. The van der Waals surface area contributed by atoms with E-state index in [1.807, 2.05) is 24.3 Å². The number of rotatable bonds is 2. The lowest BCUT2D eigenvalue weighted by molar-refractivity contribution is 0.586. The molecule has 2 aliphatic rings. The maximum Gasteiger partial charge on any atom is 0.264 e. The third-order valence-electron chi connectivity index (χ3n) is 5.58. The van der Waals surface area contributed by atoms with Crippen molar-refractivity contribution in [2.75, 3.05) is 28.4 Å². The van der Waals surface area contributed by atoms with Crippen LogP contribution in [0.25, 0.3) is 0 Å². The molecule has 5 rings (SSSR count). The lowest BCUT2D eigenvalue weighted by atomic mass is 10.0. The molecule has 0 atom stereocenters. The minimum atomic E-state index is -3.62. The number of nitrogens with one attached hydrogen (secondary N) is 1. The number of hydrogen-bond acceptors (Lipinski definition) is 4. The number of hydrogen-bond donors (Lipinski definition) is 2. The molecule has 0 fully saturated rings. The molecule has 0 aliphatic carbocycles. The number of fused-ring (bicyclic) bond motifs is 2. The minimum absolute atomic E-state index is 0.168. The quantitative estimate of drug-likeness (QED) is 0.526. The highest BCUT2D eigenvalue weighted by Gasteiger charge is 2.29. The van der Waals surface area contributed by atoms with Gasteiger partial charge in [-0.05, 0) is 67.1 Å². The Morgan fingerprint density at radius 3 is 2.39 bits per heavy atom. The average Bonchev–Trinajstić information content (AvgIpc) is 2.81. The molecule has 3 aromatic rings. The molecule has 0 saturated carbocycles. The molecule has 7 heteroatoms. The van der Waals surface area contributed by atoms with Gasteiger partial charge in [0.05, 0.1) is 21.3 Å². The van der Waals surface area contributed by atoms with Crippen LogP contribution in [0.2, 0.25) is 5.02 Å². The summed E-state index contributed by atoms with van der Waals surface area (Å²) in [5.41, 5.74) is 10.6. The van der Waals surface area contributed by atoms with Crippen LogP contribution in [0.5, 0.6) is 0 Å². The molecule has 5 nitrogen and oxygen atoms in total. The molecular formula is C24H26ClN3O2S. The van der Waals surface area contributed by atoms with Crippen LogP contribution in [0.4, 0.5) is 17.1 Å². The van der Waals surface area contributed by atoms with Crippen LogP contribution in [0.15, 0.2) is 71.6 Å². The Balaban J connectivity index is 0.000000192. The molecule has 31 heavy (non-hydrogen) atoms. The second kappa shape index (κ2) is 9.20. The van der Waals surface area contributed by atoms with Gasteiger partial charge in [0.15, 0.2) is 0 Å². The summed E-state index contributed by atoms with van der Waals surface area (Å²) in [6.45, 7) is 1.61. The smallest absolute Gasteiger partial charge is 0.264 e. The molecule has 0 unspecified atom stereocenters. The number of sulfonamides is 1. The Morgan fingerprint density at radius 1 is 0.903 bits per heavy atom. The van der Waals surface area contributed by atoms with Crippen LogP contribution < -0.4 is 15.4 Å². The summed E-state index contributed by atoms with van der Waals surface area (Å²) in [6, 6.07) is 20.5. The number of nitrogens with zero attached hydrogens (tertiary/aromatic N) is 1. The average molecular weight is 456 g/mol. The Labute approximate surface area is 188 Å². The normalized spacial score (nSPS) is 15.1. The Hall–Kier alpha value is -2.70. The van der Waals surface area contributed by atoms with Gasteiger partial charge in [0.25, 0.3) is 10.0 Å². The maximum atomic E-state index is 12.8. The predicted octanol–water partition coefficient (Wildman–Crippen LogP) is 5.11. The largest absolute Gasteiger partial charge is 0.397 e. The highest BCUT2D eigenvalue weighted by Crippen LogP contribution is 2.33. The fraction of sp³-hybridized carbons (Fsp3) is 0.250. The molecule has 0 aromatic heterocycles. The van der Waals surface area contributed by atoms with Crippen molar-refractivity contribution in [2.24, 2.45) is 0 Å². The molecule has 2 heterocycles. The Morgan fingerprint density at radius 2 is 1.61 bits per heavy atom. The van der Waals surface area contributed by atoms with Gasteiger partial charge >= 0.3 is 0 Å². The van der Waals surface area contributed by atoms with Crippen LogP contribution >= 0.6 is 11.6 Å². The monoisotopic (exact) mass is 455 g/mol. The minimum Gasteiger partial charge on any atom is -0.397 e. The summed E-state index contributed by atoms with van der Waals surface area (Å²) in [4.78, 5) is 0.168. The Kier molecular flexibility index (Phi) is 6.39. The zero-order valence-electron chi connectivity index (χ0n) is 17.2. The fourth-order valence-corrected chi connectivity index (χ4v) is 5.67. The van der Waals surface area contributed by atoms with E-state index in [1.54, 1.807) is 0 Å². The van der Waals surface area contributed by atoms with Crippen molar-refractivity contribution in [2.45, 2.75) is 30.6 Å². The van der Waals surface area contributed by atoms with Crippen LogP contribution in [-0.2, 0) is 22.9 Å². The zero-order valence-corrected chi connectivity index (χ0v) is 18.8. The third kappa shape index (κ3) is 4.65. The van der Waals surface area contributed by atoms with E-state index in [0.29, 0.717) is 11.6 Å². The number of benzene rings is 3. The molecule has 3 N–H and O–H groups in total. The van der Waals surface area contributed by atoms with Gasteiger partial charge in [-0.3, -0.25) is 4.31 Å². The number of nitrogen functional groups attached to an aromatic ring is 1. The summed E-state index contributed by atoms with van der Waals surface area (Å²) in [5.74, 6) is 0. The molecule has 162 valence electrons. The van der Waals surface area contributed by atoms with Gasteiger partial charge in [-0.1, -0.05) is 48.0 Å². The molecule has 3 aromatic carbocycles. The van der Waals surface area contributed by atoms with E-state index < -0.39 is 10.0 Å². The molecule has 2 aliphatic heterocycles. The fourth-order valence-electron chi connectivity index (χ4n) is 3.97. The number of halogens is 1. The Bertz CT molecular complexity index is 1160. The molecule has 0 amide bonds. The van der Waals surface area contributed by atoms with Crippen molar-refractivity contribution < 1.29 is 8.42 Å². The first-order valence-electron chi connectivity index (χ1n) is 10.4. The molecular weight excluding hydrogens is 430 g/mol. The van der Waals surface area contributed by atoms with Crippen LogP contribution in [0, 0.1) is 0 Å². The van der Waals surface area contributed by atoms with Crippen LogP contribution in [-0.4, -0.2) is 21.5 Å². The maximum absolute atomic E-state index is 12.8. The van der Waals surface area contributed by atoms with Gasteiger partial charge in [-0.2, -0.15) is 0 Å². The lowest BCUT2D eigenvalue weighted by Crippen LogP contribution is -2.35. The highest BCUT2D eigenvalue weighted by atomic mass is 35.5. The summed E-state index contributed by atoms with van der Waals surface area (Å²) in [6.07, 6.45) is 4.21. The van der Waals surface area contributed by atoms with Gasteiger partial charge in [0.1, 0.15) is 0 Å². The second-order valence-electron chi connectivity index (χ2n) is 7.68. The van der Waals surface area contributed by atoms with Crippen molar-refractivity contribution in [1.82, 2.24) is 0 Å². The van der Waals surface area contributed by atoms with E-state index in [-0.39, 0.29) is 10.6 Å². The van der Waals surface area contributed by atoms with Gasteiger partial charge < -0.3 is 11.1 Å². The van der Waals surface area contributed by atoms with E-state index in [0.717, 1.165) is 30.6 Å². The number of aryl methyl sites for hydroxylation is 2. The topological polar surface area (TPSA) is 75.4 Å². The van der Waals surface area contributed by atoms with E-state index >= 15 is 0 Å². The highest BCUT2D eigenvalue weighted by molar-refractivity contribution is 7.92. The van der Waals surface area contributed by atoms with Gasteiger partial charge in [-0.15, -0.1) is 0 Å². The van der Waals surface area contributed by atoms with E-state index in [2.05, 4.69) is 29.6 Å². The summed E-state index contributed by atoms with van der Waals surface area (Å²) in [7, 11) is -3.62. The van der Waals surface area contributed by atoms with Crippen molar-refractivity contribution in [3.05, 3.63) is 82.9 Å². The number of nitrogens with two attached hydrogens (primary N) is 1. The lowest BCUT2D eigenvalue weighted by Gasteiger charge is -2.30. The standard InChI is InChI=1S/C15H15ClN2O2S.C9H11N/c16-13-8-7-12(10-14(13)17)21(19,20)18-9-3-5-11-4-1-2-6-15(11)18;1-2-6-9-8(4-1)5-3-7-10-9/h1-2,4,6-8,10H,3,5,9,17H2;1-2,4,6,10H,3,5,7H2. The SMILES string of the molecule is Nc1cc(S(=O)(=O)N2CCCc3ccccc32)ccc1Cl.c1ccc2c(c1)CCCN2.